The zero-order chi connectivity index (χ0) is 23.5. The summed E-state index contributed by atoms with van der Waals surface area (Å²) in [5, 5.41) is 0. The van der Waals surface area contributed by atoms with Crippen LogP contribution in [0.5, 0.6) is 17.2 Å². The minimum Gasteiger partial charge on any atom is -0.493 e. The summed E-state index contributed by atoms with van der Waals surface area (Å²) in [5.74, 6) is -2.17. The van der Waals surface area contributed by atoms with Crippen molar-refractivity contribution in [1.29, 1.82) is 0 Å². The van der Waals surface area contributed by atoms with Crippen LogP contribution in [0.1, 0.15) is 16.2 Å². The summed E-state index contributed by atoms with van der Waals surface area (Å²) in [7, 11) is 4.14. The number of rotatable bonds is 6. The van der Waals surface area contributed by atoms with Crippen LogP contribution in [-0.2, 0) is 17.5 Å². The lowest BCUT2D eigenvalue weighted by Crippen LogP contribution is -2.43. The van der Waals surface area contributed by atoms with Crippen LogP contribution in [0.25, 0.3) is 11.0 Å². The van der Waals surface area contributed by atoms with E-state index in [1.807, 2.05) is 0 Å². The third kappa shape index (κ3) is 4.53. The average Bonchev–Trinajstić information content (AvgIpc) is 3.15. The second-order valence-corrected chi connectivity index (χ2v) is 6.42. The van der Waals surface area contributed by atoms with Gasteiger partial charge in [-0.05, 0) is 24.3 Å². The summed E-state index contributed by atoms with van der Waals surface area (Å²) >= 11 is 0. The van der Waals surface area contributed by atoms with Gasteiger partial charge in [-0.2, -0.15) is 13.2 Å². The molecule has 0 spiro atoms. The maximum Gasteiger partial charge on any atom is 0.449 e. The van der Waals surface area contributed by atoms with Gasteiger partial charge in [-0.1, -0.05) is 12.1 Å². The number of carbonyl (C=O) groups excluding carboxylic acids is 2. The Morgan fingerprint density at radius 1 is 1.00 bits per heavy atom. The summed E-state index contributed by atoms with van der Waals surface area (Å²) in [6.07, 6.45) is -4.77. The first-order valence-corrected chi connectivity index (χ1v) is 9.11. The number of nitrogens with zero attached hydrogens (tertiary/aromatic N) is 2. The number of aromatic nitrogens is 2. The van der Waals surface area contributed by atoms with Crippen molar-refractivity contribution in [1.82, 2.24) is 20.4 Å². The van der Waals surface area contributed by atoms with Crippen molar-refractivity contribution in [3.8, 4) is 17.2 Å². The fourth-order valence-electron chi connectivity index (χ4n) is 3.05. The number of nitrogens with one attached hydrogen (secondary N) is 2. The quantitative estimate of drug-likeness (QED) is 0.558. The van der Waals surface area contributed by atoms with Crippen LogP contribution in [-0.4, -0.2) is 42.7 Å². The Labute approximate surface area is 180 Å². The Bertz CT molecular complexity index is 1130. The second kappa shape index (κ2) is 9.04. The van der Waals surface area contributed by atoms with Crippen molar-refractivity contribution in [3.05, 3.63) is 47.8 Å². The smallest absolute Gasteiger partial charge is 0.449 e. The highest BCUT2D eigenvalue weighted by atomic mass is 19.4. The van der Waals surface area contributed by atoms with E-state index in [2.05, 4.69) is 15.8 Å². The van der Waals surface area contributed by atoms with Gasteiger partial charge in [-0.3, -0.25) is 20.4 Å². The minimum atomic E-state index is -4.77. The number of methoxy groups -OCH3 is 3. The van der Waals surface area contributed by atoms with E-state index < -0.39 is 30.4 Å². The predicted molar refractivity (Wildman–Crippen MR) is 106 cm³/mol. The van der Waals surface area contributed by atoms with Gasteiger partial charge in [0.15, 0.2) is 11.5 Å². The molecule has 0 unspecified atom stereocenters. The number of ether oxygens (including phenoxy) is 3. The number of benzene rings is 2. The van der Waals surface area contributed by atoms with Crippen molar-refractivity contribution >= 4 is 22.8 Å². The molecule has 2 amide bonds. The third-order valence-electron chi connectivity index (χ3n) is 4.45. The number of amides is 2. The number of alkyl halides is 3. The van der Waals surface area contributed by atoms with Gasteiger partial charge in [0.1, 0.15) is 6.54 Å². The van der Waals surface area contributed by atoms with E-state index in [0.717, 1.165) is 4.57 Å². The number of fused-ring (bicyclic) bond motifs is 1. The molecule has 2 aromatic carbocycles. The number of imidazole rings is 1. The van der Waals surface area contributed by atoms with Gasteiger partial charge < -0.3 is 18.8 Å². The Balaban J connectivity index is 1.77. The van der Waals surface area contributed by atoms with Gasteiger partial charge in [0.25, 0.3) is 11.8 Å². The largest absolute Gasteiger partial charge is 0.493 e. The molecular weight excluding hydrogens is 433 g/mol. The summed E-state index contributed by atoms with van der Waals surface area (Å²) in [5.41, 5.74) is 4.53. The molecule has 1 heterocycles. The highest BCUT2D eigenvalue weighted by Gasteiger charge is 2.38. The van der Waals surface area contributed by atoms with Gasteiger partial charge in [0.05, 0.1) is 32.4 Å². The van der Waals surface area contributed by atoms with E-state index in [-0.39, 0.29) is 33.8 Å². The van der Waals surface area contributed by atoms with Crippen molar-refractivity contribution in [2.24, 2.45) is 0 Å². The maximum absolute atomic E-state index is 13.4. The Morgan fingerprint density at radius 3 is 2.19 bits per heavy atom. The second-order valence-electron chi connectivity index (χ2n) is 6.42. The summed E-state index contributed by atoms with van der Waals surface area (Å²) in [6, 6.07) is 8.61. The maximum atomic E-state index is 13.4. The highest BCUT2D eigenvalue weighted by molar-refractivity contribution is 5.96. The first-order chi connectivity index (χ1) is 15.2. The normalized spacial score (nSPS) is 11.2. The molecule has 0 aliphatic heterocycles. The van der Waals surface area contributed by atoms with Crippen molar-refractivity contribution < 1.29 is 37.0 Å². The topological polar surface area (TPSA) is 104 Å². The molecule has 0 saturated carbocycles. The number of hydrazine groups is 1. The van der Waals surface area contributed by atoms with E-state index in [1.54, 1.807) is 0 Å². The molecule has 0 radical (unpaired) electrons. The predicted octanol–water partition coefficient (Wildman–Crippen LogP) is 2.54. The van der Waals surface area contributed by atoms with Crippen LogP contribution in [0.2, 0.25) is 0 Å². The van der Waals surface area contributed by atoms with E-state index in [4.69, 9.17) is 14.2 Å². The molecule has 3 rings (SSSR count). The Kier molecular flexibility index (Phi) is 6.42. The number of hydrogen-bond donors (Lipinski definition) is 2. The first kappa shape index (κ1) is 22.7. The van der Waals surface area contributed by atoms with Gasteiger partial charge in [-0.15, -0.1) is 0 Å². The monoisotopic (exact) mass is 452 g/mol. The molecule has 0 saturated heterocycles. The van der Waals surface area contributed by atoms with Gasteiger partial charge in [0.2, 0.25) is 11.6 Å². The zero-order valence-electron chi connectivity index (χ0n) is 17.2. The molecule has 0 atom stereocenters. The molecule has 0 fully saturated rings. The van der Waals surface area contributed by atoms with Gasteiger partial charge in [0, 0.05) is 5.56 Å². The molecule has 2 N–H and O–H groups in total. The number of hydrogen-bond acceptors (Lipinski definition) is 6. The lowest BCUT2D eigenvalue weighted by Gasteiger charge is -2.15. The van der Waals surface area contributed by atoms with E-state index >= 15 is 0 Å². The van der Waals surface area contributed by atoms with Crippen LogP contribution in [0.3, 0.4) is 0 Å². The Hall–Kier alpha value is -3.96. The van der Waals surface area contributed by atoms with E-state index in [1.165, 1.54) is 57.7 Å². The number of para-hydroxylation sites is 2. The van der Waals surface area contributed by atoms with E-state index in [9.17, 15) is 22.8 Å². The molecule has 32 heavy (non-hydrogen) atoms. The number of carbonyl (C=O) groups is 2. The fourth-order valence-corrected chi connectivity index (χ4v) is 3.05. The van der Waals surface area contributed by atoms with Crippen LogP contribution >= 0.6 is 0 Å². The Morgan fingerprint density at radius 2 is 1.62 bits per heavy atom. The summed E-state index contributed by atoms with van der Waals surface area (Å²) in [4.78, 5) is 28.3. The highest BCUT2D eigenvalue weighted by Crippen LogP contribution is 2.38. The van der Waals surface area contributed by atoms with Crippen molar-refractivity contribution in [3.63, 3.8) is 0 Å². The fraction of sp³-hybridized carbons (Fsp3) is 0.250. The van der Waals surface area contributed by atoms with E-state index in [0.29, 0.717) is 0 Å². The average molecular weight is 452 g/mol. The molecule has 0 bridgehead atoms. The molecule has 12 heteroatoms. The molecule has 9 nitrogen and oxygen atoms in total. The molecule has 170 valence electrons. The van der Waals surface area contributed by atoms with Gasteiger partial charge >= 0.3 is 6.18 Å². The molecule has 0 aliphatic rings. The van der Waals surface area contributed by atoms with Crippen LogP contribution < -0.4 is 25.1 Å². The van der Waals surface area contributed by atoms with Crippen molar-refractivity contribution in [2.45, 2.75) is 12.7 Å². The zero-order valence-corrected chi connectivity index (χ0v) is 17.2. The van der Waals surface area contributed by atoms with Gasteiger partial charge in [-0.25, -0.2) is 4.98 Å². The number of halogens is 3. The summed E-state index contributed by atoms with van der Waals surface area (Å²) < 4.78 is 56.3. The molecular formula is C20H19F3N4O5. The van der Waals surface area contributed by atoms with Crippen LogP contribution in [0.4, 0.5) is 13.2 Å². The minimum absolute atomic E-state index is 0.0591. The lowest BCUT2D eigenvalue weighted by molar-refractivity contribution is -0.147. The molecule has 0 aliphatic carbocycles. The van der Waals surface area contributed by atoms with Crippen LogP contribution in [0.15, 0.2) is 36.4 Å². The summed E-state index contributed by atoms with van der Waals surface area (Å²) in [6.45, 7) is -0.717. The standard InChI is InChI=1S/C20H19F3N4O5/c1-30-14-8-11(9-15(31-2)17(14)32-3)18(29)26-25-16(28)10-27-13-7-5-4-6-12(13)24-19(27)20(21,22)23/h4-9H,10H2,1-3H3,(H,25,28)(H,26,29). The third-order valence-corrected chi connectivity index (χ3v) is 4.45. The SMILES string of the molecule is COc1cc(C(=O)NNC(=O)Cn2c(C(F)(F)F)nc3ccccc32)cc(OC)c1OC. The first-order valence-electron chi connectivity index (χ1n) is 9.11. The molecule has 1 aromatic heterocycles. The van der Waals surface area contributed by atoms with Crippen LogP contribution in [0, 0.1) is 0 Å². The molecule has 3 aromatic rings. The van der Waals surface area contributed by atoms with Crippen molar-refractivity contribution in [2.75, 3.05) is 21.3 Å². The lowest BCUT2D eigenvalue weighted by atomic mass is 10.1.